The predicted molar refractivity (Wildman–Crippen MR) is 55.9 cm³/mol. The van der Waals surface area contributed by atoms with Gasteiger partial charge in [-0.25, -0.2) is 0 Å². The zero-order chi connectivity index (χ0) is 10.7. The van der Waals surface area contributed by atoms with E-state index in [-0.39, 0.29) is 6.10 Å². The highest BCUT2D eigenvalue weighted by Gasteiger charge is 2.23. The third-order valence-corrected chi connectivity index (χ3v) is 2.82. The van der Waals surface area contributed by atoms with Gasteiger partial charge in [0.05, 0.1) is 6.61 Å². The van der Waals surface area contributed by atoms with Gasteiger partial charge in [-0.15, -0.1) is 0 Å². The van der Waals surface area contributed by atoms with Crippen LogP contribution >= 0.6 is 11.6 Å². The molecule has 0 unspecified atom stereocenters. The molecule has 4 nitrogen and oxygen atoms in total. The topological polar surface area (TPSA) is 44.8 Å². The van der Waals surface area contributed by atoms with E-state index in [9.17, 15) is 4.21 Å². The van der Waals surface area contributed by atoms with Gasteiger partial charge in [0, 0.05) is 5.02 Å². The third kappa shape index (κ3) is 3.17. The molecule has 1 saturated heterocycles. The summed E-state index contributed by atoms with van der Waals surface area (Å²) in [6.45, 7) is 0.605. The number of hydrogen-bond acceptors (Lipinski definition) is 4. The Morgan fingerprint density at radius 3 is 2.80 bits per heavy atom. The van der Waals surface area contributed by atoms with E-state index in [1.165, 1.54) is 0 Å². The minimum absolute atomic E-state index is 0.276. The first-order valence-corrected chi connectivity index (χ1v) is 5.72. The Balaban J connectivity index is 1.83. The van der Waals surface area contributed by atoms with Crippen molar-refractivity contribution in [2.75, 3.05) is 13.2 Å². The van der Waals surface area contributed by atoms with E-state index >= 15 is 0 Å². The van der Waals surface area contributed by atoms with Gasteiger partial charge >= 0.3 is 11.4 Å². The Labute approximate surface area is 95.0 Å². The summed E-state index contributed by atoms with van der Waals surface area (Å²) in [5.74, 6) is 0.695. The summed E-state index contributed by atoms with van der Waals surface area (Å²) >= 11 is 4.10. The fourth-order valence-electron chi connectivity index (χ4n) is 1.09. The van der Waals surface area contributed by atoms with Crippen LogP contribution < -0.4 is 4.74 Å². The van der Waals surface area contributed by atoms with Gasteiger partial charge in [0.2, 0.25) is 0 Å². The molecule has 0 saturated carbocycles. The molecule has 0 aliphatic carbocycles. The van der Waals surface area contributed by atoms with Gasteiger partial charge in [0.15, 0.2) is 0 Å². The van der Waals surface area contributed by atoms with Gasteiger partial charge in [-0.05, 0) is 24.3 Å². The number of hydrogen-bond donors (Lipinski definition) is 0. The van der Waals surface area contributed by atoms with E-state index < -0.39 is 11.4 Å². The van der Waals surface area contributed by atoms with Crippen LogP contribution in [0.15, 0.2) is 24.3 Å². The highest BCUT2D eigenvalue weighted by Crippen LogP contribution is 2.17. The number of halogens is 1. The third-order valence-electron chi connectivity index (χ3n) is 1.81. The van der Waals surface area contributed by atoms with Crippen LogP contribution in [0.3, 0.4) is 0 Å². The minimum Gasteiger partial charge on any atom is -0.491 e. The maximum absolute atomic E-state index is 10.7. The highest BCUT2D eigenvalue weighted by atomic mass is 35.5. The van der Waals surface area contributed by atoms with Crippen LogP contribution in [0.1, 0.15) is 0 Å². The molecule has 1 aromatic rings. The second-order valence-corrected chi connectivity index (χ2v) is 4.24. The summed E-state index contributed by atoms with van der Waals surface area (Å²) in [5, 5.41) is 0.656. The van der Waals surface area contributed by atoms with Gasteiger partial charge in [-0.1, -0.05) is 11.6 Å². The molecule has 1 fully saturated rings. The first-order valence-electron chi connectivity index (χ1n) is 4.34. The molecule has 1 aliphatic heterocycles. The average Bonchev–Trinajstić information content (AvgIpc) is 2.64. The van der Waals surface area contributed by atoms with Crippen molar-refractivity contribution in [1.82, 2.24) is 0 Å². The summed E-state index contributed by atoms with van der Waals surface area (Å²) in [4.78, 5) is 0. The Kier molecular flexibility index (Phi) is 3.58. The molecular weight excluding hydrogens is 240 g/mol. The fourth-order valence-corrected chi connectivity index (χ4v) is 1.87. The predicted octanol–water partition coefficient (Wildman–Crippen LogP) is 1.71. The fraction of sp³-hybridized carbons (Fsp3) is 0.333. The summed E-state index contributed by atoms with van der Waals surface area (Å²) in [7, 11) is 0. The lowest BCUT2D eigenvalue weighted by atomic mass is 10.3. The lowest BCUT2D eigenvalue weighted by Gasteiger charge is -2.08. The first kappa shape index (κ1) is 10.9. The quantitative estimate of drug-likeness (QED) is 0.817. The standard InChI is InChI=1S/C9H9ClO4S/c10-7-1-3-8(4-2-7)12-5-9-6-13-15(11)14-9/h1-4,9H,5-6H2/t9-,15+/m0/s1. The average molecular weight is 249 g/mol. The summed E-state index contributed by atoms with van der Waals surface area (Å²) < 4.78 is 25.7. The zero-order valence-electron chi connectivity index (χ0n) is 7.72. The summed E-state index contributed by atoms with van der Waals surface area (Å²) in [6.07, 6.45) is -0.276. The summed E-state index contributed by atoms with van der Waals surface area (Å²) in [6, 6.07) is 6.99. The van der Waals surface area contributed by atoms with Crippen LogP contribution in [-0.4, -0.2) is 23.5 Å². The monoisotopic (exact) mass is 248 g/mol. The molecule has 0 N–H and O–H groups in total. The van der Waals surface area contributed by atoms with Gasteiger partial charge < -0.3 is 4.74 Å². The Morgan fingerprint density at radius 1 is 1.47 bits per heavy atom. The second kappa shape index (κ2) is 4.94. The molecule has 15 heavy (non-hydrogen) atoms. The van der Waals surface area contributed by atoms with Crippen LogP contribution in [-0.2, 0) is 19.7 Å². The molecule has 0 bridgehead atoms. The van der Waals surface area contributed by atoms with Crippen molar-refractivity contribution < 1.29 is 17.3 Å². The molecule has 82 valence electrons. The van der Waals surface area contributed by atoms with Crippen molar-refractivity contribution in [3.63, 3.8) is 0 Å². The smallest absolute Gasteiger partial charge is 0.305 e. The van der Waals surface area contributed by atoms with Crippen molar-refractivity contribution in [2.24, 2.45) is 0 Å². The first-order chi connectivity index (χ1) is 7.24. The molecule has 0 amide bonds. The number of benzene rings is 1. The van der Waals surface area contributed by atoms with E-state index in [1.807, 2.05) is 0 Å². The van der Waals surface area contributed by atoms with Crippen LogP contribution in [0.4, 0.5) is 0 Å². The van der Waals surface area contributed by atoms with Crippen molar-refractivity contribution in [3.8, 4) is 5.75 Å². The van der Waals surface area contributed by atoms with E-state index in [2.05, 4.69) is 0 Å². The van der Waals surface area contributed by atoms with Gasteiger partial charge in [-0.2, -0.15) is 4.21 Å². The molecule has 2 atom stereocenters. The van der Waals surface area contributed by atoms with E-state index in [0.29, 0.717) is 24.0 Å². The maximum Gasteiger partial charge on any atom is 0.305 e. The van der Waals surface area contributed by atoms with Crippen LogP contribution in [0.25, 0.3) is 0 Å². The molecule has 1 heterocycles. The Morgan fingerprint density at radius 2 is 2.20 bits per heavy atom. The highest BCUT2D eigenvalue weighted by molar-refractivity contribution is 7.75. The minimum atomic E-state index is -1.62. The maximum atomic E-state index is 10.7. The molecule has 2 rings (SSSR count). The van der Waals surface area contributed by atoms with E-state index in [4.69, 9.17) is 24.7 Å². The van der Waals surface area contributed by atoms with Gasteiger partial charge in [-0.3, -0.25) is 8.37 Å². The van der Waals surface area contributed by atoms with Crippen molar-refractivity contribution >= 4 is 23.0 Å². The summed E-state index contributed by atoms with van der Waals surface area (Å²) in [5.41, 5.74) is 0. The molecule has 1 aromatic carbocycles. The van der Waals surface area contributed by atoms with Crippen molar-refractivity contribution in [2.45, 2.75) is 6.10 Å². The van der Waals surface area contributed by atoms with Gasteiger partial charge in [0.1, 0.15) is 18.5 Å². The van der Waals surface area contributed by atoms with Crippen molar-refractivity contribution in [3.05, 3.63) is 29.3 Å². The Bertz CT molecular complexity index is 354. The molecule has 1 aliphatic rings. The van der Waals surface area contributed by atoms with Crippen molar-refractivity contribution in [1.29, 1.82) is 0 Å². The SMILES string of the molecule is O=[S@@]1OC[C@H](COc2ccc(Cl)cc2)O1. The normalized spacial score (nSPS) is 25.4. The lowest BCUT2D eigenvalue weighted by molar-refractivity contribution is 0.151. The molecule has 6 heteroatoms. The van der Waals surface area contributed by atoms with E-state index in [1.54, 1.807) is 24.3 Å². The van der Waals surface area contributed by atoms with E-state index in [0.717, 1.165) is 0 Å². The number of ether oxygens (including phenoxy) is 1. The lowest BCUT2D eigenvalue weighted by Crippen LogP contribution is -2.19. The zero-order valence-corrected chi connectivity index (χ0v) is 9.29. The van der Waals surface area contributed by atoms with Crippen LogP contribution in [0.5, 0.6) is 5.75 Å². The second-order valence-electron chi connectivity index (χ2n) is 2.97. The van der Waals surface area contributed by atoms with Crippen LogP contribution in [0.2, 0.25) is 5.02 Å². The molecule has 0 spiro atoms. The number of rotatable bonds is 3. The molecular formula is C9H9ClO4S. The largest absolute Gasteiger partial charge is 0.491 e. The van der Waals surface area contributed by atoms with Gasteiger partial charge in [0.25, 0.3) is 0 Å². The molecule has 0 aromatic heterocycles. The molecule has 0 radical (unpaired) electrons. The Hall–Kier alpha value is -0.620. The van der Waals surface area contributed by atoms with Crippen LogP contribution in [0, 0.1) is 0 Å².